The van der Waals surface area contributed by atoms with Crippen molar-refractivity contribution in [3.8, 4) is 0 Å². The Balaban J connectivity index is 0.000000435. The maximum absolute atomic E-state index is 10.3. The molecule has 0 radical (unpaired) electrons. The Kier molecular flexibility index (Phi) is 14.5. The van der Waals surface area contributed by atoms with Gasteiger partial charge in [-0.15, -0.1) is 27.8 Å². The summed E-state index contributed by atoms with van der Waals surface area (Å²) in [6.45, 7) is 1.91. The third-order valence-electron chi connectivity index (χ3n) is 3.13. The highest BCUT2D eigenvalue weighted by Crippen LogP contribution is 2.08. The Labute approximate surface area is 197 Å². The van der Waals surface area contributed by atoms with Crippen LogP contribution in [0, 0.1) is 21.0 Å². The molecule has 0 aliphatic carbocycles. The fourth-order valence-corrected chi connectivity index (χ4v) is 2.67. The number of hydrogen-bond donors (Lipinski definition) is 5. The minimum atomic E-state index is -0.920. The second-order valence-corrected chi connectivity index (χ2v) is 7.58. The number of carboxylic acid groups (broad SMARTS) is 1. The van der Waals surface area contributed by atoms with Crippen LogP contribution in [-0.2, 0) is 16.2 Å². The van der Waals surface area contributed by atoms with Crippen LogP contribution in [0.25, 0.3) is 0 Å². The van der Waals surface area contributed by atoms with Gasteiger partial charge >= 0.3 is 5.97 Å². The average Bonchev–Trinajstić information content (AvgIpc) is 3.11. The highest BCUT2D eigenvalue weighted by atomic mass is 32.1. The minimum absolute atomic E-state index is 0.0275. The van der Waals surface area contributed by atoms with E-state index in [0.29, 0.717) is 14.0 Å². The van der Waals surface area contributed by atoms with Gasteiger partial charge in [0.2, 0.25) is 11.5 Å². The molecular weight excluding hydrogens is 478 g/mol. The molecule has 0 unspecified atom stereocenters. The van der Waals surface area contributed by atoms with Gasteiger partial charge in [-0.05, 0) is 48.5 Å². The molecule has 0 saturated heterocycles. The quantitative estimate of drug-likeness (QED) is 0.118. The number of hydrogen-bond acceptors (Lipinski definition) is 10. The number of H-pyrrole nitrogens is 1. The van der Waals surface area contributed by atoms with Crippen LogP contribution in [-0.4, -0.2) is 32.8 Å². The number of aryl methyl sites for hydroxylation is 1. The van der Waals surface area contributed by atoms with Crippen molar-refractivity contribution >= 4 is 53.7 Å². The average molecular weight is 500 g/mol. The van der Waals surface area contributed by atoms with E-state index in [2.05, 4.69) is 45.6 Å². The van der Waals surface area contributed by atoms with E-state index >= 15 is 0 Å². The lowest BCUT2D eigenvalue weighted by molar-refractivity contribution is -0.763. The molecule has 0 fully saturated rings. The zero-order chi connectivity index (χ0) is 24.5. The van der Waals surface area contributed by atoms with Crippen LogP contribution in [0.5, 0.6) is 0 Å². The van der Waals surface area contributed by atoms with Gasteiger partial charge in [-0.2, -0.15) is 0 Å². The summed E-state index contributed by atoms with van der Waals surface area (Å²) in [6, 6.07) is 13.8. The van der Waals surface area contributed by atoms with Crippen molar-refractivity contribution in [2.75, 3.05) is 5.73 Å². The second kappa shape index (κ2) is 16.2. The minimum Gasteiger partial charge on any atom is -0.478 e. The number of primary amides is 1. The first-order valence-electron chi connectivity index (χ1n) is 8.41. The molecular formula is C18H21N5O6S3. The first-order chi connectivity index (χ1) is 15.1. The van der Waals surface area contributed by atoms with Crippen molar-refractivity contribution in [3.05, 3.63) is 79.3 Å². The van der Waals surface area contributed by atoms with E-state index in [9.17, 15) is 14.9 Å². The molecule has 0 aliphatic heterocycles. The Bertz CT molecular complexity index is 1060. The van der Waals surface area contributed by atoms with Gasteiger partial charge in [0.25, 0.3) is 5.09 Å². The van der Waals surface area contributed by atoms with E-state index in [1.807, 2.05) is 25.1 Å². The van der Waals surface area contributed by atoms with Crippen LogP contribution in [0.3, 0.4) is 0 Å². The number of amides is 1. The molecule has 1 heterocycles. The second-order valence-electron chi connectivity index (χ2n) is 5.37. The third kappa shape index (κ3) is 13.7. The topological polar surface area (TPSA) is 187 Å². The first-order valence-corrected chi connectivity index (χ1v) is 10.1. The van der Waals surface area contributed by atoms with Crippen LogP contribution in [0.1, 0.15) is 21.5 Å². The van der Waals surface area contributed by atoms with E-state index in [0.717, 1.165) is 11.1 Å². The summed E-state index contributed by atoms with van der Waals surface area (Å²) in [5.74, 6) is -0.920. The largest absolute Gasteiger partial charge is 0.478 e. The number of rotatable bonds is 4. The summed E-state index contributed by atoms with van der Waals surface area (Å²) >= 11 is 9.91. The molecule has 0 bridgehead atoms. The summed E-state index contributed by atoms with van der Waals surface area (Å²) in [6.07, 6.45) is 0.250. The van der Waals surface area contributed by atoms with E-state index in [4.69, 9.17) is 15.6 Å². The number of aromatic nitrogens is 2. The van der Waals surface area contributed by atoms with Gasteiger partial charge in [0.15, 0.2) is 3.95 Å². The molecule has 0 atom stereocenters. The number of nitrogen functional groups attached to an aromatic ring is 1. The molecule has 2 aromatic carbocycles. The Morgan fingerprint density at radius 1 is 1.38 bits per heavy atom. The maximum atomic E-state index is 10.3. The van der Waals surface area contributed by atoms with Crippen molar-refractivity contribution in [2.45, 2.75) is 18.4 Å². The molecule has 3 aromatic rings. The standard InChI is InChI=1S/C8H9NO3.C7H6O2S.C2H3N3S2.CH3NO/c1-7-4-2-3-5-8(7)6-12-9(10)11;8-7(9)5-2-1-3-6(10)4-5;3-1-4-5-2(6)7-1;2-1-3/h2-5H,6H2,1H3;1-4,10H,(H,8,9);(H2,3,4)(H,5,6);1H,(H2,2,3). The number of nitrogens with two attached hydrogens (primary N) is 2. The number of thiol groups is 1. The summed E-state index contributed by atoms with van der Waals surface area (Å²) in [5, 5.41) is 24.2. The number of nitrogens with one attached hydrogen (secondary N) is 1. The van der Waals surface area contributed by atoms with Crippen molar-refractivity contribution < 1.29 is 24.6 Å². The van der Waals surface area contributed by atoms with Gasteiger partial charge in [0.1, 0.15) is 6.61 Å². The highest BCUT2D eigenvalue weighted by Gasteiger charge is 2.00. The normalized spacial score (nSPS) is 8.81. The predicted octanol–water partition coefficient (Wildman–Crippen LogP) is 3.26. The van der Waals surface area contributed by atoms with E-state index < -0.39 is 11.1 Å². The van der Waals surface area contributed by atoms with Crippen LogP contribution in [0.15, 0.2) is 53.4 Å². The third-order valence-corrected chi connectivity index (χ3v) is 4.33. The molecule has 14 heteroatoms. The van der Waals surface area contributed by atoms with Gasteiger partial charge in [-0.25, -0.2) is 4.79 Å². The van der Waals surface area contributed by atoms with Crippen molar-refractivity contribution in [1.82, 2.24) is 10.2 Å². The fraction of sp³-hybridized carbons (Fsp3) is 0.111. The molecule has 0 saturated carbocycles. The molecule has 0 spiro atoms. The Morgan fingerprint density at radius 2 is 2.00 bits per heavy atom. The molecule has 11 nitrogen and oxygen atoms in total. The van der Waals surface area contributed by atoms with E-state index in [1.54, 1.807) is 18.2 Å². The van der Waals surface area contributed by atoms with Crippen LogP contribution >= 0.6 is 36.2 Å². The van der Waals surface area contributed by atoms with Gasteiger partial charge in [0, 0.05) is 4.90 Å². The smallest absolute Gasteiger partial charge is 0.335 e. The molecule has 32 heavy (non-hydrogen) atoms. The van der Waals surface area contributed by atoms with Crippen molar-refractivity contribution in [2.24, 2.45) is 5.73 Å². The lowest BCUT2D eigenvalue weighted by Crippen LogP contribution is -2.01. The SMILES string of the molecule is Cc1ccccc1CO[N+](=O)[O-].NC=O.Nc1n[nH]c(=S)s1.O=C(O)c1cccc(S)c1. The molecule has 6 N–H and O–H groups in total. The molecule has 1 amide bonds. The van der Waals surface area contributed by atoms with Crippen LogP contribution < -0.4 is 11.5 Å². The van der Waals surface area contributed by atoms with Crippen LogP contribution in [0.4, 0.5) is 5.13 Å². The number of carbonyl (C=O) groups is 2. The summed E-state index contributed by atoms with van der Waals surface area (Å²) in [5.41, 5.74) is 11.5. The van der Waals surface area contributed by atoms with E-state index in [-0.39, 0.29) is 18.6 Å². The lowest BCUT2D eigenvalue weighted by atomic mass is 10.1. The number of carboxylic acids is 1. The predicted molar refractivity (Wildman–Crippen MR) is 126 cm³/mol. The molecule has 1 aromatic heterocycles. The van der Waals surface area contributed by atoms with Crippen molar-refractivity contribution in [3.63, 3.8) is 0 Å². The Hall–Kier alpha value is -3.49. The van der Waals surface area contributed by atoms with Gasteiger partial charge in [-0.1, -0.05) is 41.7 Å². The zero-order valence-electron chi connectivity index (χ0n) is 16.7. The number of aromatic carboxylic acids is 1. The Morgan fingerprint density at radius 3 is 2.38 bits per heavy atom. The number of aromatic amines is 1. The molecule has 3 rings (SSSR count). The van der Waals surface area contributed by atoms with Crippen LogP contribution in [0.2, 0.25) is 0 Å². The maximum Gasteiger partial charge on any atom is 0.335 e. The van der Waals surface area contributed by atoms with E-state index in [1.165, 1.54) is 23.5 Å². The zero-order valence-corrected chi connectivity index (χ0v) is 19.2. The fourth-order valence-electron chi connectivity index (χ4n) is 1.77. The van der Waals surface area contributed by atoms with Gasteiger partial charge in [0.05, 0.1) is 5.56 Å². The summed E-state index contributed by atoms with van der Waals surface area (Å²) in [7, 11) is 0. The summed E-state index contributed by atoms with van der Waals surface area (Å²) < 4.78 is 0.623. The first kappa shape index (κ1) is 28.5. The number of anilines is 1. The van der Waals surface area contributed by atoms with Crippen molar-refractivity contribution in [1.29, 1.82) is 0 Å². The molecule has 0 aliphatic rings. The lowest BCUT2D eigenvalue weighted by Gasteiger charge is -2.02. The number of benzene rings is 2. The highest BCUT2D eigenvalue weighted by molar-refractivity contribution is 7.80. The number of nitrogens with zero attached hydrogens (tertiary/aromatic N) is 2. The molecule has 172 valence electrons. The van der Waals surface area contributed by atoms with Gasteiger partial charge < -0.3 is 21.4 Å². The van der Waals surface area contributed by atoms with Gasteiger partial charge in [-0.3, -0.25) is 9.89 Å². The summed E-state index contributed by atoms with van der Waals surface area (Å²) in [4.78, 5) is 33.7. The monoisotopic (exact) mass is 499 g/mol. The number of carbonyl (C=O) groups excluding carboxylic acids is 1.